The van der Waals surface area contributed by atoms with Gasteiger partial charge in [-0.05, 0) is 52.1 Å². The predicted octanol–water partition coefficient (Wildman–Crippen LogP) is 6.91. The van der Waals surface area contributed by atoms with E-state index in [9.17, 15) is 4.79 Å². The second-order valence-electron chi connectivity index (χ2n) is 5.41. The molecule has 0 amide bonds. The van der Waals surface area contributed by atoms with Gasteiger partial charge in [-0.25, -0.2) is 0 Å². The lowest BCUT2D eigenvalue weighted by Gasteiger charge is -2.03. The van der Waals surface area contributed by atoms with Gasteiger partial charge in [0.2, 0.25) is 0 Å². The minimum absolute atomic E-state index is 0.0650. The van der Waals surface area contributed by atoms with Gasteiger partial charge in [0.05, 0.1) is 4.88 Å². The van der Waals surface area contributed by atoms with Crippen LogP contribution in [-0.4, -0.2) is 5.78 Å². The molecule has 0 atom stereocenters. The van der Waals surface area contributed by atoms with Crippen LogP contribution in [0.1, 0.15) is 47.8 Å². The predicted molar refractivity (Wildman–Crippen MR) is 104 cm³/mol. The second-order valence-corrected chi connectivity index (χ2v) is 7.24. The highest BCUT2D eigenvalue weighted by Gasteiger charge is 2.05. The van der Waals surface area contributed by atoms with Crippen molar-refractivity contribution < 1.29 is 4.79 Å². The fourth-order valence-electron chi connectivity index (χ4n) is 2.25. The fourth-order valence-corrected chi connectivity index (χ4v) is 3.60. The van der Waals surface area contributed by atoms with E-state index in [0.717, 1.165) is 22.2 Å². The first-order chi connectivity index (χ1) is 11.2. The maximum Gasteiger partial charge on any atom is 0.195 e. The quantitative estimate of drug-likeness (QED) is 0.207. The molecule has 0 aliphatic heterocycles. The van der Waals surface area contributed by atoms with Crippen LogP contribution in [0, 0.1) is 0 Å². The Labute approximate surface area is 150 Å². The van der Waals surface area contributed by atoms with Crippen molar-refractivity contribution in [3.8, 4) is 0 Å². The van der Waals surface area contributed by atoms with E-state index in [4.69, 9.17) is 0 Å². The van der Waals surface area contributed by atoms with E-state index >= 15 is 0 Å². The van der Waals surface area contributed by atoms with Crippen molar-refractivity contribution >= 4 is 39.1 Å². The molecule has 0 N–H and O–H groups in total. The van der Waals surface area contributed by atoms with E-state index in [1.807, 2.05) is 35.7 Å². The second kappa shape index (κ2) is 9.64. The van der Waals surface area contributed by atoms with Crippen molar-refractivity contribution in [1.29, 1.82) is 0 Å². The summed E-state index contributed by atoms with van der Waals surface area (Å²) in [5.74, 6) is 0.0650. The summed E-state index contributed by atoms with van der Waals surface area (Å²) in [5.41, 5.74) is 2.38. The van der Waals surface area contributed by atoms with E-state index in [1.165, 1.54) is 35.3 Å². The van der Waals surface area contributed by atoms with Gasteiger partial charge >= 0.3 is 0 Å². The third-order valence-electron chi connectivity index (χ3n) is 3.48. The summed E-state index contributed by atoms with van der Waals surface area (Å²) in [5, 5.41) is 1.93. The summed E-state index contributed by atoms with van der Waals surface area (Å²) < 4.78 is 0.960. The smallest absolute Gasteiger partial charge is 0.195 e. The van der Waals surface area contributed by atoms with Crippen LogP contribution in [-0.2, 0) is 0 Å². The minimum atomic E-state index is 0.0650. The average Bonchev–Trinajstić information content (AvgIpc) is 3.00. The number of halogens is 1. The van der Waals surface area contributed by atoms with Crippen LogP contribution in [0.2, 0.25) is 0 Å². The Morgan fingerprint density at radius 3 is 2.61 bits per heavy atom. The number of allylic oxidation sites excluding steroid dienone is 3. The molecule has 0 aliphatic carbocycles. The van der Waals surface area contributed by atoms with E-state index in [0.29, 0.717) is 0 Å². The van der Waals surface area contributed by atoms with Crippen LogP contribution >= 0.6 is 27.3 Å². The Morgan fingerprint density at radius 1 is 1.17 bits per heavy atom. The Bertz CT molecular complexity index is 683. The number of hydrogen-bond acceptors (Lipinski definition) is 2. The lowest BCUT2D eigenvalue weighted by molar-refractivity contribution is 0.105. The molecule has 0 bridgehead atoms. The number of unbranched alkanes of at least 4 members (excludes halogenated alkanes) is 2. The van der Waals surface area contributed by atoms with E-state index < -0.39 is 0 Å². The number of thiophene rings is 1. The molecule has 120 valence electrons. The molecule has 0 saturated carbocycles. The Balaban J connectivity index is 2.11. The van der Waals surface area contributed by atoms with Crippen molar-refractivity contribution in [3.63, 3.8) is 0 Å². The van der Waals surface area contributed by atoms with Crippen molar-refractivity contribution in [2.24, 2.45) is 0 Å². The van der Waals surface area contributed by atoms with Gasteiger partial charge in [-0.15, -0.1) is 11.3 Å². The van der Waals surface area contributed by atoms with E-state index in [2.05, 4.69) is 41.1 Å². The van der Waals surface area contributed by atoms with Gasteiger partial charge in [-0.1, -0.05) is 62.2 Å². The zero-order chi connectivity index (χ0) is 16.5. The summed E-state index contributed by atoms with van der Waals surface area (Å²) in [6.07, 6.45) is 10.4. The highest BCUT2D eigenvalue weighted by atomic mass is 79.9. The Morgan fingerprint density at radius 2 is 1.96 bits per heavy atom. The van der Waals surface area contributed by atoms with Crippen molar-refractivity contribution in [1.82, 2.24) is 0 Å². The van der Waals surface area contributed by atoms with Crippen molar-refractivity contribution in [2.75, 3.05) is 0 Å². The summed E-state index contributed by atoms with van der Waals surface area (Å²) in [6.45, 7) is 2.20. The van der Waals surface area contributed by atoms with Gasteiger partial charge in [0.1, 0.15) is 0 Å². The third kappa shape index (κ3) is 6.28. The molecule has 1 nitrogen and oxygen atoms in total. The van der Waals surface area contributed by atoms with Crippen LogP contribution in [0.25, 0.3) is 6.08 Å². The molecule has 2 aromatic rings. The van der Waals surface area contributed by atoms with Crippen LogP contribution in [0.15, 0.2) is 64.0 Å². The van der Waals surface area contributed by atoms with Crippen LogP contribution in [0.4, 0.5) is 0 Å². The molecule has 1 heterocycles. The first-order valence-electron chi connectivity index (χ1n) is 7.91. The molecule has 0 fully saturated rings. The first-order valence-corrected chi connectivity index (χ1v) is 9.58. The molecular formula is C20H21BrOS. The number of carbonyl (C=O) groups excluding carboxylic acids is 1. The largest absolute Gasteiger partial charge is 0.288 e. The SMILES string of the molecule is CCCCCC(=C/c1ccccc1)/C=C/C(=O)c1cc(Br)cs1. The molecule has 0 radical (unpaired) electrons. The molecule has 0 saturated heterocycles. The van der Waals surface area contributed by atoms with Crippen molar-refractivity contribution in [2.45, 2.75) is 32.6 Å². The van der Waals surface area contributed by atoms with Crippen LogP contribution in [0.5, 0.6) is 0 Å². The van der Waals surface area contributed by atoms with E-state index in [1.54, 1.807) is 6.08 Å². The summed E-state index contributed by atoms with van der Waals surface area (Å²) >= 11 is 4.86. The molecule has 23 heavy (non-hydrogen) atoms. The molecule has 1 aromatic heterocycles. The fraction of sp³-hybridized carbons (Fsp3) is 0.250. The van der Waals surface area contributed by atoms with Crippen LogP contribution in [0.3, 0.4) is 0 Å². The van der Waals surface area contributed by atoms with E-state index in [-0.39, 0.29) is 5.78 Å². The van der Waals surface area contributed by atoms with Gasteiger partial charge in [-0.2, -0.15) is 0 Å². The van der Waals surface area contributed by atoms with Gasteiger partial charge in [0, 0.05) is 9.85 Å². The molecule has 2 rings (SSSR count). The summed E-state index contributed by atoms with van der Waals surface area (Å²) in [4.78, 5) is 13.0. The molecular weight excluding hydrogens is 368 g/mol. The number of benzene rings is 1. The zero-order valence-electron chi connectivity index (χ0n) is 13.3. The minimum Gasteiger partial charge on any atom is -0.288 e. The topological polar surface area (TPSA) is 17.1 Å². The number of hydrogen-bond donors (Lipinski definition) is 0. The Hall–Kier alpha value is -1.45. The maximum absolute atomic E-state index is 12.2. The monoisotopic (exact) mass is 388 g/mol. The lowest BCUT2D eigenvalue weighted by Crippen LogP contribution is -1.90. The average molecular weight is 389 g/mol. The summed E-state index contributed by atoms with van der Waals surface area (Å²) in [6, 6.07) is 12.1. The standard InChI is InChI=1S/C20H21BrOS/c1-2-3-5-8-17(13-16-9-6-4-7-10-16)11-12-19(22)20-14-18(21)15-23-20/h4,6-7,9-15H,2-3,5,8H2,1H3/b12-11+,17-13-. The van der Waals surface area contributed by atoms with Gasteiger partial charge < -0.3 is 0 Å². The highest BCUT2D eigenvalue weighted by Crippen LogP contribution is 2.21. The van der Waals surface area contributed by atoms with Gasteiger partial charge in [-0.3, -0.25) is 4.79 Å². The summed E-state index contributed by atoms with van der Waals surface area (Å²) in [7, 11) is 0. The first kappa shape index (κ1) is 17.9. The lowest BCUT2D eigenvalue weighted by atomic mass is 10.0. The molecule has 0 aliphatic rings. The highest BCUT2D eigenvalue weighted by molar-refractivity contribution is 9.10. The van der Waals surface area contributed by atoms with Gasteiger partial charge in [0.25, 0.3) is 0 Å². The maximum atomic E-state index is 12.2. The normalized spacial score (nSPS) is 12.0. The molecule has 3 heteroatoms. The van der Waals surface area contributed by atoms with Gasteiger partial charge in [0.15, 0.2) is 5.78 Å². The molecule has 0 spiro atoms. The van der Waals surface area contributed by atoms with Crippen molar-refractivity contribution in [3.05, 3.63) is 74.4 Å². The van der Waals surface area contributed by atoms with Crippen LogP contribution < -0.4 is 0 Å². The molecule has 0 unspecified atom stereocenters. The number of ketones is 1. The third-order valence-corrected chi connectivity index (χ3v) is 5.19. The number of carbonyl (C=O) groups is 1. The molecule has 1 aromatic carbocycles. The Kier molecular flexibility index (Phi) is 7.50. The number of rotatable bonds is 8. The zero-order valence-corrected chi connectivity index (χ0v) is 15.7.